The third-order valence-corrected chi connectivity index (χ3v) is 6.78. The summed E-state index contributed by atoms with van der Waals surface area (Å²) in [5.41, 5.74) is 2.20. The van der Waals surface area contributed by atoms with Gasteiger partial charge in [-0.05, 0) is 66.8 Å². The number of pyridine rings is 1. The van der Waals surface area contributed by atoms with Crippen LogP contribution in [0.1, 0.15) is 26.2 Å². The molecule has 3 rings (SSSR count). The quantitative estimate of drug-likeness (QED) is 0.249. The van der Waals surface area contributed by atoms with E-state index >= 15 is 0 Å². The van der Waals surface area contributed by atoms with E-state index in [1.165, 1.54) is 11.8 Å². The molecule has 0 fully saturated rings. The smallest absolute Gasteiger partial charge is 0.327 e. The van der Waals surface area contributed by atoms with Crippen molar-refractivity contribution in [1.82, 2.24) is 4.98 Å². The van der Waals surface area contributed by atoms with Crippen LogP contribution in [0.2, 0.25) is 0 Å². The number of amides is 1. The number of unbranched alkanes of at least 4 members (excludes halogenated alkanes) is 1. The Hall–Kier alpha value is -3.08. The summed E-state index contributed by atoms with van der Waals surface area (Å²) in [5.74, 6) is -0.835. The highest BCUT2D eigenvalue weighted by Crippen LogP contribution is 2.27. The van der Waals surface area contributed by atoms with Crippen LogP contribution in [-0.2, 0) is 20.9 Å². The van der Waals surface area contributed by atoms with E-state index in [-0.39, 0.29) is 12.3 Å². The summed E-state index contributed by atoms with van der Waals surface area (Å²) in [6.07, 6.45) is 2.67. The number of halogens is 1. The van der Waals surface area contributed by atoms with E-state index in [0.717, 1.165) is 19.9 Å². The summed E-state index contributed by atoms with van der Waals surface area (Å²) in [6.45, 7) is 1.81. The predicted molar refractivity (Wildman–Crippen MR) is 140 cm³/mol. The molecule has 10 heteroatoms. The zero-order valence-electron chi connectivity index (χ0n) is 19.1. The molecule has 0 saturated carbocycles. The summed E-state index contributed by atoms with van der Waals surface area (Å²) in [7, 11) is 0. The lowest BCUT2D eigenvalue weighted by atomic mass is 10.0. The van der Waals surface area contributed by atoms with Crippen LogP contribution in [0.5, 0.6) is 0 Å². The molecule has 184 valence electrons. The van der Waals surface area contributed by atoms with Gasteiger partial charge in [0.2, 0.25) is 5.91 Å². The van der Waals surface area contributed by atoms with Gasteiger partial charge in [-0.25, -0.2) is 14.0 Å². The standard InChI is InChI=1S/C25H26BrN3O5S/c1-18(30)28(24-7-2-4-16-27-24)17-5-3-6-23(25(31)32)29(35(33)34)22-14-10-20(11-15-22)19-8-12-21(26)13-9-19/h2,4,7-16,23H,3,5-6,17H2,1H3,(H,31,32)(H,33,34). The topological polar surface area (TPSA) is 111 Å². The number of carbonyl (C=O) groups is 2. The molecule has 2 aromatic carbocycles. The zero-order chi connectivity index (χ0) is 25.4. The van der Waals surface area contributed by atoms with E-state index in [4.69, 9.17) is 0 Å². The molecular formula is C25H26BrN3O5S. The van der Waals surface area contributed by atoms with E-state index in [1.54, 1.807) is 48.7 Å². The van der Waals surface area contributed by atoms with Gasteiger partial charge in [0.25, 0.3) is 11.3 Å². The minimum absolute atomic E-state index is 0.129. The average molecular weight is 560 g/mol. The molecule has 0 saturated heterocycles. The number of hydrogen-bond acceptors (Lipinski definition) is 4. The number of nitrogens with zero attached hydrogens (tertiary/aromatic N) is 3. The van der Waals surface area contributed by atoms with Gasteiger partial charge in [-0.3, -0.25) is 18.6 Å². The third kappa shape index (κ3) is 7.20. The second-order valence-electron chi connectivity index (χ2n) is 7.82. The molecule has 2 atom stereocenters. The molecule has 3 aromatic rings. The average Bonchev–Trinajstić information content (AvgIpc) is 2.84. The van der Waals surface area contributed by atoms with Crippen LogP contribution in [0.25, 0.3) is 11.1 Å². The van der Waals surface area contributed by atoms with Crippen LogP contribution in [0.15, 0.2) is 77.4 Å². The van der Waals surface area contributed by atoms with Crippen molar-refractivity contribution < 1.29 is 23.5 Å². The molecule has 0 aliphatic heterocycles. The Balaban J connectivity index is 1.69. The second kappa shape index (κ2) is 12.6. The normalized spacial score (nSPS) is 12.5. The number of anilines is 2. The monoisotopic (exact) mass is 559 g/mol. The Labute approximate surface area is 215 Å². The third-order valence-electron chi connectivity index (χ3n) is 5.45. The number of carbonyl (C=O) groups excluding carboxylic acids is 1. The van der Waals surface area contributed by atoms with E-state index in [2.05, 4.69) is 20.9 Å². The lowest BCUT2D eigenvalue weighted by Crippen LogP contribution is -2.42. The molecule has 1 amide bonds. The molecular weight excluding hydrogens is 534 g/mol. The lowest BCUT2D eigenvalue weighted by molar-refractivity contribution is -0.138. The molecule has 2 N–H and O–H groups in total. The molecule has 0 aliphatic carbocycles. The lowest BCUT2D eigenvalue weighted by Gasteiger charge is -2.27. The largest absolute Gasteiger partial charge is 0.480 e. The van der Waals surface area contributed by atoms with Crippen molar-refractivity contribution in [2.45, 2.75) is 32.2 Å². The van der Waals surface area contributed by atoms with Crippen molar-refractivity contribution in [3.63, 3.8) is 0 Å². The highest BCUT2D eigenvalue weighted by molar-refractivity contribution is 9.10. The summed E-state index contributed by atoms with van der Waals surface area (Å²) < 4.78 is 24.0. The fourth-order valence-corrected chi connectivity index (χ4v) is 4.70. The van der Waals surface area contributed by atoms with Crippen molar-refractivity contribution >= 4 is 50.6 Å². The number of carboxylic acids is 1. The minimum atomic E-state index is -2.54. The Morgan fingerprint density at radius 2 is 1.63 bits per heavy atom. The van der Waals surface area contributed by atoms with E-state index in [9.17, 15) is 23.5 Å². The Morgan fingerprint density at radius 1 is 1.00 bits per heavy atom. The molecule has 35 heavy (non-hydrogen) atoms. The first kappa shape index (κ1) is 26.5. The van der Waals surface area contributed by atoms with Gasteiger partial charge in [-0.2, -0.15) is 0 Å². The molecule has 0 spiro atoms. The zero-order valence-corrected chi connectivity index (χ0v) is 21.5. The molecule has 1 heterocycles. The van der Waals surface area contributed by atoms with E-state index in [1.807, 2.05) is 24.3 Å². The maximum absolute atomic E-state index is 12.2. The first-order valence-electron chi connectivity index (χ1n) is 11.0. The Kier molecular flexibility index (Phi) is 9.53. The summed E-state index contributed by atoms with van der Waals surface area (Å²) in [5, 5.41) is 9.82. The van der Waals surface area contributed by atoms with Crippen molar-refractivity contribution in [2.24, 2.45) is 0 Å². The number of hydrogen-bond donors (Lipinski definition) is 2. The highest BCUT2D eigenvalue weighted by Gasteiger charge is 2.30. The molecule has 0 aliphatic rings. The van der Waals surface area contributed by atoms with Gasteiger partial charge in [0.15, 0.2) is 0 Å². The van der Waals surface area contributed by atoms with Crippen molar-refractivity contribution in [3.8, 4) is 11.1 Å². The van der Waals surface area contributed by atoms with Crippen LogP contribution in [-0.4, -0.2) is 43.3 Å². The molecule has 0 bridgehead atoms. The number of benzene rings is 2. The van der Waals surface area contributed by atoms with E-state index < -0.39 is 23.3 Å². The predicted octanol–water partition coefficient (Wildman–Crippen LogP) is 5.13. The van der Waals surface area contributed by atoms with Crippen molar-refractivity contribution in [3.05, 3.63) is 77.4 Å². The Bertz CT molecular complexity index is 1160. The second-order valence-corrected chi connectivity index (χ2v) is 9.59. The summed E-state index contributed by atoms with van der Waals surface area (Å²) in [4.78, 5) is 29.8. The van der Waals surface area contributed by atoms with Crippen LogP contribution in [0, 0.1) is 0 Å². The van der Waals surface area contributed by atoms with E-state index in [0.29, 0.717) is 30.9 Å². The van der Waals surface area contributed by atoms with Gasteiger partial charge < -0.3 is 5.11 Å². The highest BCUT2D eigenvalue weighted by atomic mass is 79.9. The van der Waals surface area contributed by atoms with Gasteiger partial charge in [0.1, 0.15) is 11.9 Å². The minimum Gasteiger partial charge on any atom is -0.480 e. The Morgan fingerprint density at radius 3 is 2.14 bits per heavy atom. The maximum atomic E-state index is 12.2. The first-order valence-corrected chi connectivity index (χ1v) is 12.8. The van der Waals surface area contributed by atoms with Gasteiger partial charge in [0, 0.05) is 24.1 Å². The number of aliphatic carboxylic acids is 1. The van der Waals surface area contributed by atoms with Crippen LogP contribution >= 0.6 is 15.9 Å². The SMILES string of the molecule is CC(=O)N(CCCCC(C(=O)O)N(c1ccc(-c2ccc(Br)cc2)cc1)S(=O)O)c1ccccn1. The maximum Gasteiger partial charge on any atom is 0.327 e. The van der Waals surface area contributed by atoms with Crippen molar-refractivity contribution in [1.29, 1.82) is 0 Å². The van der Waals surface area contributed by atoms with Gasteiger partial charge in [0.05, 0.1) is 5.69 Å². The molecule has 8 nitrogen and oxygen atoms in total. The van der Waals surface area contributed by atoms with Gasteiger partial charge >= 0.3 is 5.97 Å². The fraction of sp³-hybridized carbons (Fsp3) is 0.240. The molecule has 1 aromatic heterocycles. The summed E-state index contributed by atoms with van der Waals surface area (Å²) >= 11 is 0.862. The van der Waals surface area contributed by atoms with Gasteiger partial charge in [-0.15, -0.1) is 0 Å². The van der Waals surface area contributed by atoms with Crippen LogP contribution in [0.3, 0.4) is 0 Å². The van der Waals surface area contributed by atoms with Crippen LogP contribution in [0.4, 0.5) is 11.5 Å². The first-order chi connectivity index (χ1) is 16.8. The van der Waals surface area contributed by atoms with Gasteiger partial charge in [-0.1, -0.05) is 46.3 Å². The molecule has 0 radical (unpaired) electrons. The van der Waals surface area contributed by atoms with Crippen LogP contribution < -0.4 is 9.21 Å². The van der Waals surface area contributed by atoms with Crippen molar-refractivity contribution in [2.75, 3.05) is 15.7 Å². The fourth-order valence-electron chi connectivity index (χ4n) is 3.72. The number of rotatable bonds is 11. The number of aromatic nitrogens is 1. The summed E-state index contributed by atoms with van der Waals surface area (Å²) in [6, 6.07) is 18.6. The number of carboxylic acid groups (broad SMARTS) is 1. The molecule has 2 unspecified atom stereocenters.